The molecule has 2 unspecified atom stereocenters. The molecule has 5 heteroatoms. The van der Waals surface area contributed by atoms with E-state index in [1.54, 1.807) is 7.11 Å². The van der Waals surface area contributed by atoms with Gasteiger partial charge in [0.05, 0.1) is 24.5 Å². The summed E-state index contributed by atoms with van der Waals surface area (Å²) < 4.78 is 5.14. The van der Waals surface area contributed by atoms with Crippen LogP contribution in [-0.2, 0) is 4.79 Å². The average Bonchev–Trinajstić information content (AvgIpc) is 2.37. The first-order valence-corrected chi connectivity index (χ1v) is 6.22. The molecule has 18 heavy (non-hydrogen) atoms. The van der Waals surface area contributed by atoms with Crippen LogP contribution in [0.1, 0.15) is 38.4 Å². The van der Waals surface area contributed by atoms with Crippen molar-refractivity contribution < 1.29 is 9.53 Å². The monoisotopic (exact) mass is 249 g/mol. The van der Waals surface area contributed by atoms with E-state index in [0.29, 0.717) is 11.9 Å². The van der Waals surface area contributed by atoms with Gasteiger partial charge in [-0.1, -0.05) is 6.92 Å². The summed E-state index contributed by atoms with van der Waals surface area (Å²) in [4.78, 5) is 15.7. The van der Waals surface area contributed by atoms with Crippen molar-refractivity contribution >= 4 is 11.6 Å². The summed E-state index contributed by atoms with van der Waals surface area (Å²) in [6.45, 7) is 3.66. The predicted molar refractivity (Wildman–Crippen MR) is 69.7 cm³/mol. The fraction of sp³-hybridized carbons (Fsp3) is 0.538. The molecular formula is C13H19N3O2. The normalized spacial score (nSPS) is 21.7. The number of fused-ring (bicyclic) bond motifs is 1. The molecule has 0 fully saturated rings. The molecule has 1 aromatic rings. The molecule has 0 bridgehead atoms. The Bertz CT molecular complexity index is 448. The Morgan fingerprint density at radius 3 is 3.00 bits per heavy atom. The fourth-order valence-corrected chi connectivity index (χ4v) is 2.27. The third-order valence-electron chi connectivity index (χ3n) is 3.19. The Hall–Kier alpha value is -1.78. The molecule has 1 aliphatic rings. The molecule has 0 aliphatic carbocycles. The summed E-state index contributed by atoms with van der Waals surface area (Å²) in [6.07, 6.45) is 1.87. The van der Waals surface area contributed by atoms with Gasteiger partial charge in [0.1, 0.15) is 0 Å². The van der Waals surface area contributed by atoms with Crippen LogP contribution >= 0.6 is 0 Å². The Morgan fingerprint density at radius 2 is 2.39 bits per heavy atom. The molecule has 0 spiro atoms. The lowest BCUT2D eigenvalue weighted by molar-refractivity contribution is -0.119. The first-order valence-electron chi connectivity index (χ1n) is 6.22. The third-order valence-corrected chi connectivity index (χ3v) is 3.19. The number of ether oxygens (including phenoxy) is 1. The summed E-state index contributed by atoms with van der Waals surface area (Å²) in [7, 11) is 1.59. The molecule has 2 N–H and O–H groups in total. The minimum Gasteiger partial charge on any atom is -0.481 e. The van der Waals surface area contributed by atoms with Crippen molar-refractivity contribution in [3.63, 3.8) is 0 Å². The Balaban J connectivity index is 2.33. The molecule has 2 rings (SSSR count). The van der Waals surface area contributed by atoms with Crippen molar-refractivity contribution in [3.8, 4) is 5.88 Å². The van der Waals surface area contributed by atoms with E-state index < -0.39 is 0 Å². The van der Waals surface area contributed by atoms with Gasteiger partial charge in [-0.3, -0.25) is 4.79 Å². The highest BCUT2D eigenvalue weighted by molar-refractivity contribution is 5.74. The number of carbonyl (C=O) groups excluding carboxylic acids is 1. The summed E-state index contributed by atoms with van der Waals surface area (Å²) in [6, 6.07) is 4.11. The van der Waals surface area contributed by atoms with E-state index in [2.05, 4.69) is 22.5 Å². The van der Waals surface area contributed by atoms with Gasteiger partial charge in [0.2, 0.25) is 11.8 Å². The second-order valence-electron chi connectivity index (χ2n) is 4.52. The molecule has 1 aliphatic heterocycles. The number of pyridine rings is 1. The number of nitrogens with one attached hydrogen (secondary N) is 2. The maximum absolute atomic E-state index is 11.3. The quantitative estimate of drug-likeness (QED) is 0.858. The highest BCUT2D eigenvalue weighted by Crippen LogP contribution is 2.33. The number of nitrogens with zero attached hydrogens (tertiary/aromatic N) is 1. The van der Waals surface area contributed by atoms with Crippen molar-refractivity contribution in [1.82, 2.24) is 10.3 Å². The lowest BCUT2D eigenvalue weighted by Gasteiger charge is -2.32. The summed E-state index contributed by atoms with van der Waals surface area (Å²) in [5.41, 5.74) is 1.84. The lowest BCUT2D eigenvalue weighted by atomic mass is 9.95. The van der Waals surface area contributed by atoms with E-state index in [4.69, 9.17) is 4.74 Å². The largest absolute Gasteiger partial charge is 0.481 e. The van der Waals surface area contributed by atoms with E-state index in [1.165, 1.54) is 6.92 Å². The number of amides is 1. The minimum atomic E-state index is -0.0428. The number of hydrogen-bond donors (Lipinski definition) is 2. The van der Waals surface area contributed by atoms with Crippen molar-refractivity contribution in [2.45, 2.75) is 38.8 Å². The minimum absolute atomic E-state index is 0.0349. The fourth-order valence-electron chi connectivity index (χ4n) is 2.27. The smallest absolute Gasteiger partial charge is 0.217 e. The molecule has 0 radical (unpaired) electrons. The van der Waals surface area contributed by atoms with Crippen LogP contribution in [-0.4, -0.2) is 24.0 Å². The zero-order valence-corrected chi connectivity index (χ0v) is 11.0. The van der Waals surface area contributed by atoms with Crippen LogP contribution in [0.4, 0.5) is 5.69 Å². The number of aromatic nitrogens is 1. The van der Waals surface area contributed by atoms with E-state index >= 15 is 0 Å². The molecule has 5 nitrogen and oxygen atoms in total. The van der Waals surface area contributed by atoms with Gasteiger partial charge in [0, 0.05) is 19.0 Å². The number of methoxy groups -OCH3 is 1. The van der Waals surface area contributed by atoms with Gasteiger partial charge >= 0.3 is 0 Å². The van der Waals surface area contributed by atoms with Gasteiger partial charge in [-0.05, 0) is 18.9 Å². The summed E-state index contributed by atoms with van der Waals surface area (Å²) in [5, 5.41) is 6.39. The van der Waals surface area contributed by atoms with E-state index in [1.807, 2.05) is 12.1 Å². The first kappa shape index (κ1) is 12.7. The van der Waals surface area contributed by atoms with Crippen LogP contribution in [0.2, 0.25) is 0 Å². The zero-order chi connectivity index (χ0) is 13.1. The van der Waals surface area contributed by atoms with E-state index in [0.717, 1.165) is 24.2 Å². The number of rotatable bonds is 3. The summed E-state index contributed by atoms with van der Waals surface area (Å²) in [5.74, 6) is 0.535. The molecule has 1 aromatic heterocycles. The maximum atomic E-state index is 11.3. The van der Waals surface area contributed by atoms with Crippen LogP contribution in [0.25, 0.3) is 0 Å². The van der Waals surface area contributed by atoms with E-state index in [-0.39, 0.29) is 11.9 Å². The SMILES string of the molecule is CCC1CC(NC(C)=O)c2nc(OC)ccc2N1. The van der Waals surface area contributed by atoms with Gasteiger partial charge < -0.3 is 15.4 Å². The molecular weight excluding hydrogens is 230 g/mol. The van der Waals surface area contributed by atoms with Gasteiger partial charge in [-0.2, -0.15) is 0 Å². The molecule has 2 atom stereocenters. The van der Waals surface area contributed by atoms with Crippen molar-refractivity contribution in [2.75, 3.05) is 12.4 Å². The predicted octanol–water partition coefficient (Wildman–Crippen LogP) is 1.86. The zero-order valence-electron chi connectivity index (χ0n) is 11.0. The standard InChI is InChI=1S/C13H19N3O2/c1-4-9-7-11(14-8(2)17)13-10(15-9)5-6-12(16-13)18-3/h5-6,9,11,15H,4,7H2,1-3H3,(H,14,17). The van der Waals surface area contributed by atoms with Crippen molar-refractivity contribution in [2.24, 2.45) is 0 Å². The average molecular weight is 249 g/mol. The number of anilines is 1. The maximum Gasteiger partial charge on any atom is 0.217 e. The van der Waals surface area contributed by atoms with Gasteiger partial charge in [-0.15, -0.1) is 0 Å². The van der Waals surface area contributed by atoms with Crippen LogP contribution < -0.4 is 15.4 Å². The van der Waals surface area contributed by atoms with Gasteiger partial charge in [-0.25, -0.2) is 4.98 Å². The highest BCUT2D eigenvalue weighted by Gasteiger charge is 2.27. The number of hydrogen-bond acceptors (Lipinski definition) is 4. The van der Waals surface area contributed by atoms with Crippen LogP contribution in [0.5, 0.6) is 5.88 Å². The van der Waals surface area contributed by atoms with Crippen LogP contribution in [0, 0.1) is 0 Å². The van der Waals surface area contributed by atoms with Crippen LogP contribution in [0.15, 0.2) is 12.1 Å². The van der Waals surface area contributed by atoms with Gasteiger partial charge in [0.15, 0.2) is 0 Å². The topological polar surface area (TPSA) is 63.2 Å². The van der Waals surface area contributed by atoms with Crippen molar-refractivity contribution in [3.05, 3.63) is 17.8 Å². The lowest BCUT2D eigenvalue weighted by Crippen LogP contribution is -2.36. The second-order valence-corrected chi connectivity index (χ2v) is 4.52. The molecule has 0 aromatic carbocycles. The highest BCUT2D eigenvalue weighted by atomic mass is 16.5. The Kier molecular flexibility index (Phi) is 3.69. The molecule has 0 saturated carbocycles. The first-order chi connectivity index (χ1) is 8.63. The Labute approximate surface area is 107 Å². The molecule has 2 heterocycles. The Morgan fingerprint density at radius 1 is 1.61 bits per heavy atom. The third kappa shape index (κ3) is 2.55. The summed E-state index contributed by atoms with van der Waals surface area (Å²) >= 11 is 0. The second kappa shape index (κ2) is 5.25. The molecule has 0 saturated heterocycles. The van der Waals surface area contributed by atoms with E-state index in [9.17, 15) is 4.79 Å². The molecule has 98 valence electrons. The van der Waals surface area contributed by atoms with Crippen molar-refractivity contribution in [1.29, 1.82) is 0 Å². The van der Waals surface area contributed by atoms with Gasteiger partial charge in [0.25, 0.3) is 0 Å². The van der Waals surface area contributed by atoms with Crippen LogP contribution in [0.3, 0.4) is 0 Å². The molecule has 1 amide bonds. The number of carbonyl (C=O) groups is 1.